The molecule has 0 aliphatic carbocycles. The number of pyridine rings is 1. The van der Waals surface area contributed by atoms with E-state index >= 15 is 0 Å². The van der Waals surface area contributed by atoms with Gasteiger partial charge in [0.1, 0.15) is 5.75 Å². The van der Waals surface area contributed by atoms with E-state index < -0.39 is 0 Å². The van der Waals surface area contributed by atoms with Crippen LogP contribution in [0.1, 0.15) is 24.8 Å². The van der Waals surface area contributed by atoms with Gasteiger partial charge in [-0.1, -0.05) is 12.1 Å². The molecule has 2 atom stereocenters. The molecule has 1 aromatic carbocycles. The summed E-state index contributed by atoms with van der Waals surface area (Å²) in [6.45, 7) is 6.59. The number of para-hydroxylation sites is 2. The van der Waals surface area contributed by atoms with E-state index in [-0.39, 0.29) is 5.91 Å². The first-order valence-electron chi connectivity index (χ1n) is 11.6. The fourth-order valence-corrected chi connectivity index (χ4v) is 4.94. The van der Waals surface area contributed by atoms with Gasteiger partial charge in [0, 0.05) is 51.0 Å². The predicted molar refractivity (Wildman–Crippen MR) is 125 cm³/mol. The van der Waals surface area contributed by atoms with Crippen molar-refractivity contribution >= 4 is 11.6 Å². The monoisotopic (exact) mass is 438 g/mol. The van der Waals surface area contributed by atoms with Crippen LogP contribution in [0.25, 0.3) is 0 Å². The van der Waals surface area contributed by atoms with Crippen molar-refractivity contribution in [3.8, 4) is 5.75 Å². The summed E-state index contributed by atoms with van der Waals surface area (Å²) in [5, 5.41) is 3.03. The van der Waals surface area contributed by atoms with Gasteiger partial charge in [0.2, 0.25) is 5.91 Å². The Bertz CT molecular complexity index is 857. The Labute approximate surface area is 190 Å². The van der Waals surface area contributed by atoms with Gasteiger partial charge >= 0.3 is 0 Å². The van der Waals surface area contributed by atoms with Crippen molar-refractivity contribution in [2.75, 3.05) is 51.8 Å². The summed E-state index contributed by atoms with van der Waals surface area (Å²) in [6, 6.07) is 12.2. The Hall–Kier alpha value is -2.48. The van der Waals surface area contributed by atoms with Crippen molar-refractivity contribution in [3.63, 3.8) is 0 Å². The highest BCUT2D eigenvalue weighted by molar-refractivity contribution is 5.92. The van der Waals surface area contributed by atoms with Crippen LogP contribution < -0.4 is 10.1 Å². The largest absolute Gasteiger partial charge is 0.495 e. The van der Waals surface area contributed by atoms with E-state index in [4.69, 9.17) is 9.47 Å². The Morgan fingerprint density at radius 1 is 1.16 bits per heavy atom. The van der Waals surface area contributed by atoms with Crippen LogP contribution in [-0.2, 0) is 16.1 Å². The molecule has 0 saturated carbocycles. The number of likely N-dealkylation sites (tertiary alicyclic amines) is 1. The van der Waals surface area contributed by atoms with Crippen molar-refractivity contribution in [3.05, 3.63) is 54.4 Å². The molecular weight excluding hydrogens is 404 g/mol. The molecular formula is C25H34N4O3. The molecule has 7 heteroatoms. The molecule has 7 nitrogen and oxygen atoms in total. The minimum absolute atomic E-state index is 0.0430. The molecule has 2 aliphatic heterocycles. The molecule has 1 N–H and O–H groups in total. The fraction of sp³-hybridized carbons (Fsp3) is 0.520. The summed E-state index contributed by atoms with van der Waals surface area (Å²) in [6.07, 6.45) is 6.22. The minimum atomic E-state index is 0.0430. The number of morpholine rings is 1. The van der Waals surface area contributed by atoms with Crippen molar-refractivity contribution in [1.82, 2.24) is 14.8 Å². The van der Waals surface area contributed by atoms with E-state index in [1.807, 2.05) is 36.7 Å². The predicted octanol–water partition coefficient (Wildman–Crippen LogP) is 3.03. The number of nitrogens with zero attached hydrogens (tertiary/aromatic N) is 3. The summed E-state index contributed by atoms with van der Waals surface area (Å²) in [5.41, 5.74) is 2.02. The molecule has 2 aliphatic rings. The number of amides is 1. The van der Waals surface area contributed by atoms with Crippen LogP contribution in [0.2, 0.25) is 0 Å². The third-order valence-corrected chi connectivity index (χ3v) is 6.57. The number of aromatic nitrogens is 1. The number of anilines is 1. The first-order chi connectivity index (χ1) is 15.7. The first-order valence-corrected chi connectivity index (χ1v) is 11.6. The second-order valence-corrected chi connectivity index (χ2v) is 8.64. The van der Waals surface area contributed by atoms with Crippen LogP contribution in [0, 0.1) is 5.92 Å². The molecule has 2 fully saturated rings. The number of hydrogen-bond acceptors (Lipinski definition) is 6. The third kappa shape index (κ3) is 6.06. The van der Waals surface area contributed by atoms with E-state index in [1.54, 1.807) is 7.11 Å². The summed E-state index contributed by atoms with van der Waals surface area (Å²) in [5.74, 6) is 1.18. The molecule has 0 radical (unpaired) electrons. The first kappa shape index (κ1) is 22.7. The van der Waals surface area contributed by atoms with E-state index in [0.29, 0.717) is 24.1 Å². The molecule has 0 bridgehead atoms. The van der Waals surface area contributed by atoms with E-state index in [0.717, 1.165) is 64.5 Å². The topological polar surface area (TPSA) is 66.9 Å². The quantitative estimate of drug-likeness (QED) is 0.683. The Kier molecular flexibility index (Phi) is 8.09. The van der Waals surface area contributed by atoms with E-state index in [2.05, 4.69) is 32.2 Å². The van der Waals surface area contributed by atoms with Crippen LogP contribution in [0.3, 0.4) is 0 Å². The highest BCUT2D eigenvalue weighted by Gasteiger charge is 2.34. The molecule has 4 rings (SSSR count). The second-order valence-electron chi connectivity index (χ2n) is 8.64. The van der Waals surface area contributed by atoms with Crippen LogP contribution in [0.4, 0.5) is 5.69 Å². The lowest BCUT2D eigenvalue weighted by atomic mass is 9.86. The molecule has 0 unspecified atom stereocenters. The molecule has 2 saturated heterocycles. The lowest BCUT2D eigenvalue weighted by molar-refractivity contribution is -0.116. The van der Waals surface area contributed by atoms with Gasteiger partial charge in [-0.05, 0) is 55.1 Å². The number of piperidine rings is 1. The molecule has 0 spiro atoms. The van der Waals surface area contributed by atoms with Crippen LogP contribution in [-0.4, -0.2) is 73.2 Å². The average Bonchev–Trinajstić information content (AvgIpc) is 2.84. The number of rotatable bonds is 8. The maximum absolute atomic E-state index is 12.8. The van der Waals surface area contributed by atoms with Crippen LogP contribution in [0.15, 0.2) is 48.8 Å². The van der Waals surface area contributed by atoms with Gasteiger partial charge in [-0.3, -0.25) is 19.6 Å². The van der Waals surface area contributed by atoms with Crippen LogP contribution >= 0.6 is 0 Å². The van der Waals surface area contributed by atoms with Gasteiger partial charge in [-0.2, -0.15) is 0 Å². The van der Waals surface area contributed by atoms with Gasteiger partial charge in [0.05, 0.1) is 26.0 Å². The van der Waals surface area contributed by atoms with E-state index in [1.165, 1.54) is 5.56 Å². The normalized spacial score (nSPS) is 22.4. The van der Waals surface area contributed by atoms with Crippen molar-refractivity contribution < 1.29 is 14.3 Å². The number of ether oxygens (including phenoxy) is 2. The van der Waals surface area contributed by atoms with Gasteiger partial charge in [0.25, 0.3) is 0 Å². The standard InChI is InChI=1S/C25H34N4O3/c1-31-24-5-3-2-4-22(24)27-25(30)7-6-21-19-28(18-20-8-11-26-12-9-20)13-10-23(21)29-14-16-32-17-15-29/h2-5,8-9,11-12,21,23H,6-7,10,13-19H2,1H3,(H,27,30)/t21-,23+/m0/s1. The lowest BCUT2D eigenvalue weighted by Crippen LogP contribution is -2.53. The summed E-state index contributed by atoms with van der Waals surface area (Å²) in [7, 11) is 1.62. The molecule has 32 heavy (non-hydrogen) atoms. The van der Waals surface area contributed by atoms with Gasteiger partial charge < -0.3 is 14.8 Å². The number of carbonyl (C=O) groups is 1. The maximum Gasteiger partial charge on any atom is 0.224 e. The maximum atomic E-state index is 12.8. The number of nitrogens with one attached hydrogen (secondary N) is 1. The number of benzene rings is 1. The molecule has 1 amide bonds. The van der Waals surface area contributed by atoms with Crippen molar-refractivity contribution in [1.29, 1.82) is 0 Å². The zero-order chi connectivity index (χ0) is 22.2. The number of hydrogen-bond donors (Lipinski definition) is 1. The number of methoxy groups -OCH3 is 1. The van der Waals surface area contributed by atoms with Crippen molar-refractivity contribution in [2.24, 2.45) is 5.92 Å². The summed E-state index contributed by atoms with van der Waals surface area (Å²) >= 11 is 0. The van der Waals surface area contributed by atoms with Gasteiger partial charge in [0.15, 0.2) is 0 Å². The highest BCUT2D eigenvalue weighted by atomic mass is 16.5. The molecule has 1 aromatic heterocycles. The zero-order valence-electron chi connectivity index (χ0n) is 18.9. The van der Waals surface area contributed by atoms with E-state index in [9.17, 15) is 4.79 Å². The average molecular weight is 439 g/mol. The Morgan fingerprint density at radius 2 is 1.94 bits per heavy atom. The lowest BCUT2D eigenvalue weighted by Gasteiger charge is -2.45. The second kappa shape index (κ2) is 11.4. The highest BCUT2D eigenvalue weighted by Crippen LogP contribution is 2.29. The summed E-state index contributed by atoms with van der Waals surface area (Å²) < 4.78 is 10.9. The smallest absolute Gasteiger partial charge is 0.224 e. The molecule has 3 heterocycles. The van der Waals surface area contributed by atoms with Gasteiger partial charge in [-0.25, -0.2) is 0 Å². The number of carbonyl (C=O) groups excluding carboxylic acids is 1. The molecule has 2 aromatic rings. The Morgan fingerprint density at radius 3 is 2.72 bits per heavy atom. The zero-order valence-corrected chi connectivity index (χ0v) is 18.9. The summed E-state index contributed by atoms with van der Waals surface area (Å²) in [4.78, 5) is 22.0. The SMILES string of the molecule is COc1ccccc1NC(=O)CC[C@H]1CN(Cc2ccncc2)CC[C@H]1N1CCOCC1. The Balaban J connectivity index is 1.38. The third-order valence-electron chi connectivity index (χ3n) is 6.57. The fourth-order valence-electron chi connectivity index (χ4n) is 4.94. The molecule has 172 valence electrons. The van der Waals surface area contributed by atoms with Crippen LogP contribution in [0.5, 0.6) is 5.75 Å². The van der Waals surface area contributed by atoms with Gasteiger partial charge in [-0.15, -0.1) is 0 Å². The minimum Gasteiger partial charge on any atom is -0.495 e. The van der Waals surface area contributed by atoms with Crippen molar-refractivity contribution in [2.45, 2.75) is 31.8 Å².